The van der Waals surface area contributed by atoms with Crippen LogP contribution >= 0.6 is 15.9 Å². The van der Waals surface area contributed by atoms with Gasteiger partial charge in [0.15, 0.2) is 0 Å². The van der Waals surface area contributed by atoms with Gasteiger partial charge in [0.2, 0.25) is 0 Å². The van der Waals surface area contributed by atoms with Gasteiger partial charge in [0.05, 0.1) is 26.7 Å². The summed E-state index contributed by atoms with van der Waals surface area (Å²) in [5.41, 5.74) is 0. The summed E-state index contributed by atoms with van der Waals surface area (Å²) in [5.74, 6) is 0. The molecule has 0 fully saturated rings. The van der Waals surface area contributed by atoms with E-state index >= 15 is 0 Å². The van der Waals surface area contributed by atoms with Crippen molar-refractivity contribution in [3.05, 3.63) is 0 Å². The molecule has 0 unspecified atom stereocenters. The number of hydrogen-bond donors (Lipinski definition) is 0. The highest BCUT2D eigenvalue weighted by Gasteiger charge is 2.19. The van der Waals surface area contributed by atoms with Crippen LogP contribution in [0.2, 0.25) is 0 Å². The van der Waals surface area contributed by atoms with Crippen LogP contribution in [0, 0.1) is 0 Å². The van der Waals surface area contributed by atoms with Crippen molar-refractivity contribution >= 4 is 15.9 Å². The largest absolute Gasteiger partial charge is 1.00 e. The molecule has 160 valence electrons. The van der Waals surface area contributed by atoms with E-state index < -0.39 is 0 Å². The summed E-state index contributed by atoms with van der Waals surface area (Å²) < 4.78 is 1.33. The molecule has 0 saturated heterocycles. The van der Waals surface area contributed by atoms with Crippen LogP contribution in [-0.2, 0) is 0 Å². The second-order valence-electron chi connectivity index (χ2n) is 8.43. The van der Waals surface area contributed by atoms with Crippen molar-refractivity contribution in [2.75, 3.05) is 32.0 Å². The zero-order chi connectivity index (χ0) is 18.6. The lowest BCUT2D eigenvalue weighted by molar-refractivity contribution is -0.910. The van der Waals surface area contributed by atoms with E-state index in [1.54, 1.807) is 0 Å². The molecule has 1 nitrogen and oxygen atoms in total. The topological polar surface area (TPSA) is 0 Å². The lowest BCUT2D eigenvalue weighted by atomic mass is 10.1. The molecule has 0 aliphatic rings. The van der Waals surface area contributed by atoms with E-state index in [1.165, 1.54) is 132 Å². The first-order chi connectivity index (χ1) is 12.2. The van der Waals surface area contributed by atoms with E-state index in [4.69, 9.17) is 0 Å². The molecule has 0 aromatic rings. The van der Waals surface area contributed by atoms with E-state index in [2.05, 4.69) is 36.8 Å². The van der Waals surface area contributed by atoms with Gasteiger partial charge in [0.1, 0.15) is 0 Å². The molecule has 0 N–H and O–H groups in total. The molecule has 0 aromatic carbocycles. The average molecular weight is 455 g/mol. The summed E-state index contributed by atoms with van der Waals surface area (Å²) in [6.07, 6.45) is 22.8. The fourth-order valence-corrected chi connectivity index (χ4v) is 4.22. The Labute approximate surface area is 181 Å². The van der Waals surface area contributed by atoms with Crippen LogP contribution in [0.4, 0.5) is 0 Å². The van der Waals surface area contributed by atoms with E-state index in [9.17, 15) is 0 Å². The van der Waals surface area contributed by atoms with Gasteiger partial charge >= 0.3 is 0 Å². The number of rotatable bonds is 20. The molecule has 0 aromatic heterocycles. The predicted molar refractivity (Wildman–Crippen MR) is 120 cm³/mol. The highest BCUT2D eigenvalue weighted by atomic mass is 79.9. The number of hydrogen-bond acceptors (Lipinski definition) is 0. The van der Waals surface area contributed by atoms with Crippen molar-refractivity contribution in [2.45, 2.75) is 117 Å². The Hall–Kier alpha value is 0.730. The molecular weight excluding hydrogens is 406 g/mol. The Morgan fingerprint density at radius 3 is 1.15 bits per heavy atom. The lowest BCUT2D eigenvalue weighted by Crippen LogP contribution is -3.00. The van der Waals surface area contributed by atoms with Gasteiger partial charge in [-0.3, -0.25) is 0 Å². The maximum absolute atomic E-state index is 3.60. The summed E-state index contributed by atoms with van der Waals surface area (Å²) in [5, 5.41) is 1.17. The van der Waals surface area contributed by atoms with Crippen LogP contribution < -0.4 is 12.4 Å². The third-order valence-electron chi connectivity index (χ3n) is 5.68. The lowest BCUT2D eigenvalue weighted by Gasteiger charge is -2.35. The van der Waals surface area contributed by atoms with Crippen LogP contribution in [0.25, 0.3) is 0 Å². The van der Waals surface area contributed by atoms with Crippen LogP contribution in [0.15, 0.2) is 0 Å². The third kappa shape index (κ3) is 19.5. The Kier molecular flexibility index (Phi) is 24.5. The molecule has 0 radical (unpaired) electrons. The molecule has 0 amide bonds. The number of halogens is 2. The van der Waals surface area contributed by atoms with Crippen molar-refractivity contribution in [3.63, 3.8) is 0 Å². The van der Waals surface area contributed by atoms with E-state index in [1.807, 2.05) is 0 Å². The number of unbranched alkanes of at least 4 members (excludes halogenated alkanes) is 13. The molecule has 0 atom stereocenters. The first kappa shape index (κ1) is 28.9. The van der Waals surface area contributed by atoms with E-state index in [-0.39, 0.29) is 12.4 Å². The monoisotopic (exact) mass is 453 g/mol. The molecule has 0 saturated carbocycles. The molecule has 0 rings (SSSR count). The summed E-state index contributed by atoms with van der Waals surface area (Å²) in [7, 11) is 2.53. The zero-order valence-corrected chi connectivity index (χ0v) is 20.7. The molecule has 0 bridgehead atoms. The maximum Gasteiger partial charge on any atom is 0.0784 e. The average Bonchev–Trinajstić information content (AvgIpc) is 2.60. The molecule has 0 spiro atoms. The zero-order valence-electron chi connectivity index (χ0n) is 18.3. The van der Waals surface area contributed by atoms with Crippen LogP contribution in [0.3, 0.4) is 0 Å². The minimum atomic E-state index is 0. The van der Waals surface area contributed by atoms with Gasteiger partial charge in [0, 0.05) is 5.33 Å². The second-order valence-corrected chi connectivity index (χ2v) is 9.22. The van der Waals surface area contributed by atoms with E-state index in [0.717, 1.165) is 0 Å². The van der Waals surface area contributed by atoms with E-state index in [0.29, 0.717) is 0 Å². The highest BCUT2D eigenvalue weighted by molar-refractivity contribution is 9.09. The molecule has 0 aliphatic heterocycles. The fraction of sp³-hybridized carbons (Fsp3) is 1.00. The predicted octanol–water partition coefficient (Wildman–Crippen LogP) is 5.11. The molecule has 3 heteroatoms. The fourth-order valence-electron chi connectivity index (χ4n) is 3.82. The maximum atomic E-state index is 3.60. The Morgan fingerprint density at radius 2 is 0.808 bits per heavy atom. The van der Waals surface area contributed by atoms with Crippen LogP contribution in [0.5, 0.6) is 0 Å². The van der Waals surface area contributed by atoms with Crippen molar-refractivity contribution in [1.29, 1.82) is 0 Å². The van der Waals surface area contributed by atoms with Gasteiger partial charge in [-0.25, -0.2) is 0 Å². The number of quaternary nitrogens is 1. The quantitative estimate of drug-likeness (QED) is 0.136. The standard InChI is InChI=1S/C23H49BrN.ClH/c1-4-6-8-10-12-14-17-21-25(3,23-19-16-20-24)22-18-15-13-11-9-7-5-2;/h4-23H2,1-3H3;1H/q+1;/p-1. The normalized spacial score (nSPS) is 11.5. The first-order valence-electron chi connectivity index (χ1n) is 11.6. The summed E-state index contributed by atoms with van der Waals surface area (Å²) in [4.78, 5) is 0. The summed E-state index contributed by atoms with van der Waals surface area (Å²) in [6.45, 7) is 8.81. The minimum absolute atomic E-state index is 0. The van der Waals surface area contributed by atoms with Gasteiger partial charge in [-0.2, -0.15) is 0 Å². The van der Waals surface area contributed by atoms with Gasteiger partial charge in [-0.05, 0) is 38.5 Å². The first-order valence-corrected chi connectivity index (χ1v) is 12.7. The molecule has 26 heavy (non-hydrogen) atoms. The highest BCUT2D eigenvalue weighted by Crippen LogP contribution is 2.15. The van der Waals surface area contributed by atoms with Crippen molar-refractivity contribution in [1.82, 2.24) is 0 Å². The van der Waals surface area contributed by atoms with Crippen molar-refractivity contribution in [2.24, 2.45) is 0 Å². The minimum Gasteiger partial charge on any atom is -1.00 e. The van der Waals surface area contributed by atoms with Crippen molar-refractivity contribution in [3.8, 4) is 0 Å². The molecule has 0 aliphatic carbocycles. The smallest absolute Gasteiger partial charge is 0.0784 e. The SMILES string of the molecule is CCCCCCCCC[N+](C)(CCCCBr)CCCCCCCCC.[Cl-]. The Morgan fingerprint density at radius 1 is 0.500 bits per heavy atom. The number of alkyl halides is 1. The molecule has 0 heterocycles. The van der Waals surface area contributed by atoms with Crippen LogP contribution in [0.1, 0.15) is 117 Å². The van der Waals surface area contributed by atoms with Gasteiger partial charge < -0.3 is 16.9 Å². The van der Waals surface area contributed by atoms with Gasteiger partial charge in [-0.1, -0.05) is 94.0 Å². The summed E-state index contributed by atoms with van der Waals surface area (Å²) >= 11 is 3.60. The summed E-state index contributed by atoms with van der Waals surface area (Å²) in [6, 6.07) is 0. The number of nitrogens with zero attached hydrogens (tertiary/aromatic N) is 1. The van der Waals surface area contributed by atoms with Crippen LogP contribution in [-0.4, -0.2) is 36.5 Å². The Bertz CT molecular complexity index is 243. The molecular formula is C23H49BrClN. The Balaban J connectivity index is 0. The third-order valence-corrected chi connectivity index (χ3v) is 6.25. The van der Waals surface area contributed by atoms with Gasteiger partial charge in [-0.15, -0.1) is 0 Å². The second kappa shape index (κ2) is 22.0. The van der Waals surface area contributed by atoms with Crippen molar-refractivity contribution < 1.29 is 16.9 Å². The van der Waals surface area contributed by atoms with Gasteiger partial charge in [0.25, 0.3) is 0 Å².